The Hall–Kier alpha value is -1.83. The van der Waals surface area contributed by atoms with E-state index in [2.05, 4.69) is 15.4 Å². The third-order valence-corrected chi connectivity index (χ3v) is 3.47. The molecule has 0 fully saturated rings. The van der Waals surface area contributed by atoms with Crippen molar-refractivity contribution in [3.8, 4) is 0 Å². The molecule has 0 atom stereocenters. The van der Waals surface area contributed by atoms with Crippen molar-refractivity contribution in [1.82, 2.24) is 29.5 Å². The number of nitrogens with one attached hydrogen (secondary N) is 2. The number of hydrogen-bond donors (Lipinski definition) is 2. The zero-order valence-corrected chi connectivity index (χ0v) is 13.0. The number of carbonyl (C=O) groups is 1. The van der Waals surface area contributed by atoms with Gasteiger partial charge < -0.3 is 15.2 Å². The van der Waals surface area contributed by atoms with E-state index in [1.165, 1.54) is 4.90 Å². The molecule has 2 rings (SSSR count). The van der Waals surface area contributed by atoms with Crippen LogP contribution in [0.25, 0.3) is 11.2 Å². The Labute approximate surface area is 122 Å². The van der Waals surface area contributed by atoms with E-state index >= 15 is 0 Å². The number of nitrogens with zero attached hydrogens (tertiary/aromatic N) is 4. The highest BCUT2D eigenvalue weighted by molar-refractivity contribution is 7.71. The fourth-order valence-corrected chi connectivity index (χ4v) is 2.40. The number of aryl methyl sites for hydroxylation is 2. The molecule has 110 valence electrons. The Morgan fingerprint density at radius 2 is 2.20 bits per heavy atom. The number of urea groups is 1. The summed E-state index contributed by atoms with van der Waals surface area (Å²) in [6.45, 7) is 5.91. The molecular formula is C12H20N6OS. The van der Waals surface area contributed by atoms with Crippen LogP contribution in [0.3, 0.4) is 0 Å². The van der Waals surface area contributed by atoms with Gasteiger partial charge in [-0.15, -0.1) is 0 Å². The quantitative estimate of drug-likeness (QED) is 0.840. The van der Waals surface area contributed by atoms with E-state index in [-0.39, 0.29) is 6.03 Å². The summed E-state index contributed by atoms with van der Waals surface area (Å²) in [5.74, 6) is 0. The molecule has 2 aromatic rings. The third-order valence-electron chi connectivity index (χ3n) is 3.15. The first kappa shape index (κ1) is 14.6. The zero-order chi connectivity index (χ0) is 14.9. The van der Waals surface area contributed by atoms with Crippen molar-refractivity contribution in [2.45, 2.75) is 26.9 Å². The molecular weight excluding hydrogens is 276 g/mol. The molecule has 0 aliphatic carbocycles. The summed E-state index contributed by atoms with van der Waals surface area (Å²) >= 11 is 5.35. The van der Waals surface area contributed by atoms with Gasteiger partial charge in [-0.05, 0) is 26.1 Å². The fraction of sp³-hybridized carbons (Fsp3) is 0.583. The van der Waals surface area contributed by atoms with E-state index in [9.17, 15) is 4.79 Å². The lowest BCUT2D eigenvalue weighted by Gasteiger charge is -2.12. The molecule has 0 bridgehead atoms. The van der Waals surface area contributed by atoms with Crippen LogP contribution >= 0.6 is 12.2 Å². The summed E-state index contributed by atoms with van der Waals surface area (Å²) < 4.78 is 4.55. The van der Waals surface area contributed by atoms with E-state index in [0.29, 0.717) is 17.9 Å². The van der Waals surface area contributed by atoms with Crippen LogP contribution in [0.4, 0.5) is 4.79 Å². The molecule has 0 aliphatic rings. The molecule has 2 heterocycles. The lowest BCUT2D eigenvalue weighted by molar-refractivity contribution is 0.217. The second-order valence-corrected chi connectivity index (χ2v) is 5.19. The highest BCUT2D eigenvalue weighted by Crippen LogP contribution is 2.17. The van der Waals surface area contributed by atoms with Crippen LogP contribution in [0.2, 0.25) is 0 Å². The number of H-pyrrole nitrogens is 1. The Morgan fingerprint density at radius 3 is 2.80 bits per heavy atom. The van der Waals surface area contributed by atoms with Gasteiger partial charge in [0.25, 0.3) is 0 Å². The number of rotatable bonds is 4. The van der Waals surface area contributed by atoms with Crippen LogP contribution in [0.15, 0.2) is 0 Å². The van der Waals surface area contributed by atoms with Gasteiger partial charge in [-0.1, -0.05) is 0 Å². The minimum atomic E-state index is -0.108. The van der Waals surface area contributed by atoms with Crippen molar-refractivity contribution in [1.29, 1.82) is 0 Å². The van der Waals surface area contributed by atoms with Crippen molar-refractivity contribution in [2.75, 3.05) is 20.6 Å². The van der Waals surface area contributed by atoms with E-state index in [4.69, 9.17) is 12.2 Å². The number of aromatic amines is 1. The van der Waals surface area contributed by atoms with Gasteiger partial charge in [0.15, 0.2) is 10.4 Å². The summed E-state index contributed by atoms with van der Waals surface area (Å²) in [7, 11) is 3.43. The summed E-state index contributed by atoms with van der Waals surface area (Å²) in [5, 5.41) is 7.30. The molecule has 2 aromatic heterocycles. The first-order valence-corrected chi connectivity index (χ1v) is 6.97. The molecule has 0 saturated heterocycles. The first-order chi connectivity index (χ1) is 9.45. The van der Waals surface area contributed by atoms with Gasteiger partial charge in [0.2, 0.25) is 0 Å². The maximum absolute atomic E-state index is 11.5. The SMILES string of the molecule is CCn1nc(C)c2[nH]c(=S)n(CCNC(=O)N(C)C)c21. The van der Waals surface area contributed by atoms with Crippen molar-refractivity contribution >= 4 is 29.4 Å². The molecule has 0 saturated carbocycles. The number of hydrogen-bond acceptors (Lipinski definition) is 3. The van der Waals surface area contributed by atoms with Crippen LogP contribution in [-0.2, 0) is 13.1 Å². The molecule has 2 N–H and O–H groups in total. The van der Waals surface area contributed by atoms with Gasteiger partial charge in [-0.25, -0.2) is 9.48 Å². The van der Waals surface area contributed by atoms with Crippen molar-refractivity contribution in [3.63, 3.8) is 0 Å². The fourth-order valence-electron chi connectivity index (χ4n) is 2.12. The topological polar surface area (TPSA) is 70.9 Å². The van der Waals surface area contributed by atoms with Crippen LogP contribution in [-0.4, -0.2) is 50.9 Å². The van der Waals surface area contributed by atoms with Crippen molar-refractivity contribution in [3.05, 3.63) is 10.5 Å². The van der Waals surface area contributed by atoms with Gasteiger partial charge in [0.1, 0.15) is 5.52 Å². The predicted molar refractivity (Wildman–Crippen MR) is 80.4 cm³/mol. The lowest BCUT2D eigenvalue weighted by Crippen LogP contribution is -2.36. The smallest absolute Gasteiger partial charge is 0.316 e. The van der Waals surface area contributed by atoms with Crippen LogP contribution in [0, 0.1) is 11.7 Å². The number of aromatic nitrogens is 4. The second kappa shape index (κ2) is 5.66. The lowest BCUT2D eigenvalue weighted by atomic mass is 10.4. The standard InChI is InChI=1S/C12H20N6OS/c1-5-18-10-9(8(2)15-18)14-12(20)17(10)7-6-13-11(19)16(3)4/h5-7H2,1-4H3,(H,13,19)(H,14,20). The van der Waals surface area contributed by atoms with Gasteiger partial charge >= 0.3 is 6.03 Å². The molecule has 0 spiro atoms. The highest BCUT2D eigenvalue weighted by Gasteiger charge is 2.13. The first-order valence-electron chi connectivity index (χ1n) is 6.56. The monoisotopic (exact) mass is 296 g/mol. The Morgan fingerprint density at radius 1 is 1.50 bits per heavy atom. The molecule has 2 amide bonds. The summed E-state index contributed by atoms with van der Waals surface area (Å²) in [6.07, 6.45) is 0. The Kier molecular flexibility index (Phi) is 4.12. The van der Waals surface area contributed by atoms with E-state index < -0.39 is 0 Å². The van der Waals surface area contributed by atoms with Crippen LogP contribution < -0.4 is 5.32 Å². The average molecular weight is 296 g/mol. The third kappa shape index (κ3) is 2.55. The molecule has 7 nitrogen and oxygen atoms in total. The number of imidazole rings is 1. The van der Waals surface area contributed by atoms with E-state index in [1.54, 1.807) is 14.1 Å². The maximum atomic E-state index is 11.5. The molecule has 0 radical (unpaired) electrons. The molecule has 0 aliphatic heterocycles. The van der Waals surface area contributed by atoms with Gasteiger partial charge in [0.05, 0.1) is 5.69 Å². The average Bonchev–Trinajstić information content (AvgIpc) is 2.88. The van der Waals surface area contributed by atoms with E-state index in [0.717, 1.165) is 23.4 Å². The van der Waals surface area contributed by atoms with Gasteiger partial charge in [0, 0.05) is 33.7 Å². The minimum Gasteiger partial charge on any atom is -0.336 e. The summed E-state index contributed by atoms with van der Waals surface area (Å²) in [4.78, 5) is 16.2. The number of fused-ring (bicyclic) bond motifs is 1. The van der Waals surface area contributed by atoms with E-state index in [1.807, 2.05) is 23.1 Å². The number of carbonyl (C=O) groups excluding carboxylic acids is 1. The highest BCUT2D eigenvalue weighted by atomic mass is 32.1. The van der Waals surface area contributed by atoms with Crippen molar-refractivity contribution < 1.29 is 4.79 Å². The largest absolute Gasteiger partial charge is 0.336 e. The van der Waals surface area contributed by atoms with Gasteiger partial charge in [-0.3, -0.25) is 4.57 Å². The molecule has 0 unspecified atom stereocenters. The maximum Gasteiger partial charge on any atom is 0.316 e. The zero-order valence-electron chi connectivity index (χ0n) is 12.2. The van der Waals surface area contributed by atoms with Crippen LogP contribution in [0.1, 0.15) is 12.6 Å². The summed E-state index contributed by atoms with van der Waals surface area (Å²) in [5.41, 5.74) is 2.88. The van der Waals surface area contributed by atoms with Crippen molar-refractivity contribution in [2.24, 2.45) is 0 Å². The molecule has 0 aromatic carbocycles. The minimum absolute atomic E-state index is 0.108. The second-order valence-electron chi connectivity index (χ2n) is 4.81. The van der Waals surface area contributed by atoms with Gasteiger partial charge in [-0.2, -0.15) is 5.10 Å². The Bertz CT molecular complexity index is 680. The predicted octanol–water partition coefficient (Wildman–Crippen LogP) is 1.49. The molecule has 8 heteroatoms. The summed E-state index contributed by atoms with van der Waals surface area (Å²) in [6, 6.07) is -0.108. The normalized spacial score (nSPS) is 11.0. The van der Waals surface area contributed by atoms with Crippen LogP contribution in [0.5, 0.6) is 0 Å². The Balaban J connectivity index is 2.23. The molecule has 20 heavy (non-hydrogen) atoms. The number of amides is 2.